The van der Waals surface area contributed by atoms with Gasteiger partial charge in [-0.1, -0.05) is 17.7 Å². The Bertz CT molecular complexity index is 1080. The molecule has 2 atom stereocenters. The van der Waals surface area contributed by atoms with Gasteiger partial charge < -0.3 is 10.1 Å². The summed E-state index contributed by atoms with van der Waals surface area (Å²) in [7, 11) is 1.28. The van der Waals surface area contributed by atoms with Crippen molar-refractivity contribution in [3.63, 3.8) is 0 Å². The minimum Gasteiger partial charge on any atom is -0.480 e. The SMILES string of the molecule is C[C@H](Oc1cc(N2NC(Cl)N(C)C2=O)c(F)cc1C(=O)Nc1c(F)cccc1F)C(F)(F)F. The van der Waals surface area contributed by atoms with Crippen LogP contribution in [-0.2, 0) is 0 Å². The smallest absolute Gasteiger partial charge is 0.425 e. The second-order valence-electron chi connectivity index (χ2n) is 6.85. The Hall–Kier alpha value is -3.19. The van der Waals surface area contributed by atoms with Crippen LogP contribution in [0.4, 0.5) is 42.5 Å². The summed E-state index contributed by atoms with van der Waals surface area (Å²) in [6, 6.07) is 2.96. The van der Waals surface area contributed by atoms with Crippen molar-refractivity contribution in [2.24, 2.45) is 0 Å². The van der Waals surface area contributed by atoms with Crippen LogP contribution in [0.3, 0.4) is 0 Å². The van der Waals surface area contributed by atoms with E-state index in [0.29, 0.717) is 24.1 Å². The first-order chi connectivity index (χ1) is 15.3. The summed E-state index contributed by atoms with van der Waals surface area (Å²) in [5, 5.41) is 2.45. The van der Waals surface area contributed by atoms with Crippen molar-refractivity contribution in [2.45, 2.75) is 24.8 Å². The fraction of sp³-hybridized carbons (Fsp3) is 0.263. The molecular weight excluding hydrogens is 482 g/mol. The van der Waals surface area contributed by atoms with Crippen LogP contribution in [0.5, 0.6) is 5.75 Å². The third kappa shape index (κ3) is 4.93. The normalized spacial score (nSPS) is 17.4. The number of benzene rings is 2. The first-order valence-electron chi connectivity index (χ1n) is 9.10. The summed E-state index contributed by atoms with van der Waals surface area (Å²) in [4.78, 5) is 25.8. The molecule has 7 nitrogen and oxygen atoms in total. The van der Waals surface area contributed by atoms with Crippen LogP contribution in [0.2, 0.25) is 0 Å². The molecule has 0 saturated carbocycles. The molecule has 1 fully saturated rings. The number of hydrogen-bond acceptors (Lipinski definition) is 4. The predicted octanol–water partition coefficient (Wildman–Crippen LogP) is 4.58. The van der Waals surface area contributed by atoms with Gasteiger partial charge in [0.05, 0.1) is 5.56 Å². The van der Waals surface area contributed by atoms with Crippen LogP contribution in [0.15, 0.2) is 30.3 Å². The van der Waals surface area contributed by atoms with Crippen LogP contribution in [0, 0.1) is 17.5 Å². The Balaban J connectivity index is 2.06. The number of alkyl halides is 4. The molecule has 1 unspecified atom stereocenters. The quantitative estimate of drug-likeness (QED) is 0.361. The van der Waals surface area contributed by atoms with E-state index in [2.05, 4.69) is 5.43 Å². The average molecular weight is 497 g/mol. The number of nitrogens with one attached hydrogen (secondary N) is 2. The molecule has 3 rings (SSSR count). The molecular formula is C19H15ClF6N4O3. The molecule has 0 bridgehead atoms. The molecule has 2 aromatic rings. The number of rotatable bonds is 5. The molecule has 1 heterocycles. The van der Waals surface area contributed by atoms with Crippen molar-refractivity contribution in [1.29, 1.82) is 0 Å². The van der Waals surface area contributed by atoms with Crippen LogP contribution in [0.25, 0.3) is 0 Å². The molecule has 0 aliphatic carbocycles. The number of amides is 3. The standard InChI is InChI=1S/C19H15ClF6N4O3/c1-8(19(24,25)26)33-14-7-13(30-18(32)29(2)17(20)28-30)12(23)6-9(14)16(31)27-15-10(21)4-3-5-11(15)22/h3-8,17,28H,1-2H3,(H,27,31)/t8-,17?/m0/s1. The lowest BCUT2D eigenvalue weighted by molar-refractivity contribution is -0.189. The average Bonchev–Trinajstić information content (AvgIpc) is 2.98. The summed E-state index contributed by atoms with van der Waals surface area (Å²) in [5.74, 6) is -5.74. The molecule has 0 spiro atoms. The second kappa shape index (κ2) is 8.98. The zero-order valence-corrected chi connectivity index (χ0v) is 17.6. The zero-order chi connectivity index (χ0) is 24.7. The topological polar surface area (TPSA) is 73.9 Å². The highest BCUT2D eigenvalue weighted by molar-refractivity contribution is 6.22. The second-order valence-corrected chi connectivity index (χ2v) is 7.26. The highest BCUT2D eigenvalue weighted by Crippen LogP contribution is 2.34. The van der Waals surface area contributed by atoms with E-state index in [1.54, 1.807) is 0 Å². The monoisotopic (exact) mass is 496 g/mol. The van der Waals surface area contributed by atoms with Gasteiger partial charge in [-0.3, -0.25) is 9.69 Å². The minimum absolute atomic E-state index is 0.471. The maximum atomic E-state index is 14.8. The van der Waals surface area contributed by atoms with E-state index in [1.807, 2.05) is 5.32 Å². The van der Waals surface area contributed by atoms with Gasteiger partial charge in [-0.2, -0.15) is 18.6 Å². The van der Waals surface area contributed by atoms with Gasteiger partial charge in [-0.25, -0.2) is 23.0 Å². The number of nitrogens with zero attached hydrogens (tertiary/aromatic N) is 2. The first kappa shape index (κ1) is 24.5. The molecule has 2 aromatic carbocycles. The molecule has 1 aliphatic rings. The van der Waals surface area contributed by atoms with Crippen LogP contribution >= 0.6 is 11.6 Å². The third-order valence-corrected chi connectivity index (χ3v) is 4.96. The van der Waals surface area contributed by atoms with Crippen molar-refractivity contribution in [2.75, 3.05) is 17.4 Å². The van der Waals surface area contributed by atoms with Crippen LogP contribution in [0.1, 0.15) is 17.3 Å². The van der Waals surface area contributed by atoms with Crippen LogP contribution in [-0.4, -0.2) is 41.8 Å². The third-order valence-electron chi connectivity index (χ3n) is 4.57. The summed E-state index contributed by atoms with van der Waals surface area (Å²) < 4.78 is 86.6. The maximum Gasteiger partial charge on any atom is 0.425 e. The van der Waals surface area contributed by atoms with Crippen molar-refractivity contribution < 1.29 is 40.7 Å². The molecule has 14 heteroatoms. The molecule has 1 aliphatic heterocycles. The molecule has 1 saturated heterocycles. The zero-order valence-electron chi connectivity index (χ0n) is 16.8. The number of carbonyl (C=O) groups excluding carboxylic acids is 2. The van der Waals surface area contributed by atoms with Gasteiger partial charge in [-0.05, 0) is 25.1 Å². The van der Waals surface area contributed by atoms with E-state index in [4.69, 9.17) is 16.3 Å². The Morgan fingerprint density at radius 1 is 1.18 bits per heavy atom. The number of hydrogen-bond donors (Lipinski definition) is 2. The first-order valence-corrected chi connectivity index (χ1v) is 9.54. The maximum absolute atomic E-state index is 14.8. The lowest BCUT2D eigenvalue weighted by Gasteiger charge is -2.22. The Morgan fingerprint density at radius 3 is 2.30 bits per heavy atom. The van der Waals surface area contributed by atoms with E-state index >= 15 is 0 Å². The highest BCUT2D eigenvalue weighted by Gasteiger charge is 2.40. The van der Waals surface area contributed by atoms with E-state index in [1.165, 1.54) is 7.05 Å². The van der Waals surface area contributed by atoms with Crippen molar-refractivity contribution in [3.8, 4) is 5.75 Å². The molecule has 3 amide bonds. The minimum atomic E-state index is -4.87. The van der Waals surface area contributed by atoms with E-state index < -0.39 is 70.0 Å². The van der Waals surface area contributed by atoms with E-state index in [-0.39, 0.29) is 0 Å². The van der Waals surface area contributed by atoms with Crippen molar-refractivity contribution >= 4 is 34.9 Å². The molecule has 0 aromatic heterocycles. The van der Waals surface area contributed by atoms with Crippen molar-refractivity contribution in [3.05, 3.63) is 53.3 Å². The van der Waals surface area contributed by atoms with Gasteiger partial charge in [0.25, 0.3) is 5.91 Å². The van der Waals surface area contributed by atoms with Gasteiger partial charge in [0.15, 0.2) is 11.7 Å². The van der Waals surface area contributed by atoms with Gasteiger partial charge in [0.1, 0.15) is 34.6 Å². The Kier molecular flexibility index (Phi) is 6.65. The molecule has 2 N–H and O–H groups in total. The van der Waals surface area contributed by atoms with Gasteiger partial charge in [-0.15, -0.1) is 0 Å². The number of urea groups is 1. The molecule has 178 valence electrons. The Morgan fingerprint density at radius 2 is 1.79 bits per heavy atom. The number of halogens is 7. The van der Waals surface area contributed by atoms with Gasteiger partial charge >= 0.3 is 12.2 Å². The summed E-state index contributed by atoms with van der Waals surface area (Å²) in [6.07, 6.45) is -7.33. The predicted molar refractivity (Wildman–Crippen MR) is 105 cm³/mol. The summed E-state index contributed by atoms with van der Waals surface area (Å²) >= 11 is 5.85. The largest absolute Gasteiger partial charge is 0.480 e. The Labute approximate surface area is 187 Å². The fourth-order valence-electron chi connectivity index (χ4n) is 2.72. The fourth-order valence-corrected chi connectivity index (χ4v) is 2.90. The van der Waals surface area contributed by atoms with E-state index in [0.717, 1.165) is 23.1 Å². The summed E-state index contributed by atoms with van der Waals surface area (Å²) in [5.41, 5.74) is -1.02. The molecule has 0 radical (unpaired) electrons. The number of ether oxygens (including phenoxy) is 1. The number of anilines is 2. The number of para-hydroxylation sites is 1. The lowest BCUT2D eigenvalue weighted by atomic mass is 10.1. The van der Waals surface area contributed by atoms with E-state index in [9.17, 15) is 35.9 Å². The van der Waals surface area contributed by atoms with Gasteiger partial charge in [0.2, 0.25) is 0 Å². The summed E-state index contributed by atoms with van der Waals surface area (Å²) in [6.45, 7) is 0.628. The molecule has 33 heavy (non-hydrogen) atoms. The highest BCUT2D eigenvalue weighted by atomic mass is 35.5. The van der Waals surface area contributed by atoms with Crippen molar-refractivity contribution in [1.82, 2.24) is 10.3 Å². The lowest BCUT2D eigenvalue weighted by Crippen LogP contribution is -2.36. The number of hydrazine groups is 1. The van der Waals surface area contributed by atoms with Gasteiger partial charge in [0, 0.05) is 13.1 Å². The number of carbonyl (C=O) groups is 2. The van der Waals surface area contributed by atoms with Crippen LogP contribution < -0.4 is 20.5 Å².